The standard InChI is InChI=1S/C26H32N2O3/c1-16-7-9-19(10-8-16)24-22(29)15-27(24)14-21-17(2)13-18(3)23-20(21)11-12-28(23)25(30)31-26(4,5)6/h7-13,22,24,29H,14-15H2,1-6H3/t22-,24?/m0/s1. The van der Waals surface area contributed by atoms with E-state index in [0.29, 0.717) is 6.54 Å². The average molecular weight is 421 g/mol. The lowest BCUT2D eigenvalue weighted by Gasteiger charge is -2.46. The van der Waals surface area contributed by atoms with E-state index in [-0.39, 0.29) is 18.2 Å². The Kier molecular flexibility index (Phi) is 5.44. The molecule has 5 heteroatoms. The van der Waals surface area contributed by atoms with Crippen molar-refractivity contribution in [1.82, 2.24) is 9.47 Å². The number of nitrogens with zero attached hydrogens (tertiary/aromatic N) is 2. The third kappa shape index (κ3) is 4.12. The summed E-state index contributed by atoms with van der Waals surface area (Å²) in [7, 11) is 0. The highest BCUT2D eigenvalue weighted by molar-refractivity contribution is 5.94. The van der Waals surface area contributed by atoms with Gasteiger partial charge >= 0.3 is 6.09 Å². The number of aliphatic hydroxyl groups is 1. The number of aliphatic hydroxyl groups excluding tert-OH is 1. The van der Waals surface area contributed by atoms with Crippen molar-refractivity contribution in [1.29, 1.82) is 0 Å². The fraction of sp³-hybridized carbons (Fsp3) is 0.423. The minimum Gasteiger partial charge on any atom is -0.443 e. The summed E-state index contributed by atoms with van der Waals surface area (Å²) in [6.45, 7) is 13.2. The first-order valence-corrected chi connectivity index (χ1v) is 10.9. The van der Waals surface area contributed by atoms with Gasteiger partial charge in [-0.2, -0.15) is 0 Å². The van der Waals surface area contributed by atoms with E-state index < -0.39 is 5.60 Å². The summed E-state index contributed by atoms with van der Waals surface area (Å²) in [5, 5.41) is 11.5. The Bertz CT molecular complexity index is 1120. The first kappa shape index (κ1) is 21.6. The number of hydrogen-bond acceptors (Lipinski definition) is 4. The minimum atomic E-state index is -0.551. The normalized spacial score (nSPS) is 19.5. The van der Waals surface area contributed by atoms with Crippen LogP contribution >= 0.6 is 0 Å². The Morgan fingerprint density at radius 2 is 1.77 bits per heavy atom. The van der Waals surface area contributed by atoms with Crippen molar-refractivity contribution in [3.05, 3.63) is 70.4 Å². The van der Waals surface area contributed by atoms with E-state index in [9.17, 15) is 9.90 Å². The summed E-state index contributed by atoms with van der Waals surface area (Å²) < 4.78 is 7.22. The molecule has 0 saturated carbocycles. The number of rotatable bonds is 3. The molecule has 0 radical (unpaired) electrons. The van der Waals surface area contributed by atoms with Gasteiger partial charge in [0, 0.05) is 24.7 Å². The van der Waals surface area contributed by atoms with Crippen LogP contribution in [0.2, 0.25) is 0 Å². The number of ether oxygens (including phenoxy) is 1. The van der Waals surface area contributed by atoms with Crippen molar-refractivity contribution < 1.29 is 14.6 Å². The van der Waals surface area contributed by atoms with Crippen LogP contribution in [0, 0.1) is 20.8 Å². The van der Waals surface area contributed by atoms with Crippen molar-refractivity contribution >= 4 is 17.0 Å². The van der Waals surface area contributed by atoms with E-state index in [1.54, 1.807) is 10.8 Å². The van der Waals surface area contributed by atoms with Gasteiger partial charge in [0.1, 0.15) is 5.60 Å². The Labute approximate surface area is 184 Å². The Balaban J connectivity index is 1.68. The molecule has 0 amide bonds. The monoisotopic (exact) mass is 420 g/mol. The molecule has 1 saturated heterocycles. The van der Waals surface area contributed by atoms with Crippen LogP contribution < -0.4 is 0 Å². The third-order valence-corrected chi connectivity index (χ3v) is 6.04. The zero-order chi connectivity index (χ0) is 22.5. The molecule has 5 nitrogen and oxygen atoms in total. The zero-order valence-electron chi connectivity index (χ0n) is 19.3. The number of carbonyl (C=O) groups excluding carboxylic acids is 1. The van der Waals surface area contributed by atoms with Crippen molar-refractivity contribution in [3.8, 4) is 0 Å². The summed E-state index contributed by atoms with van der Waals surface area (Å²) in [6, 6.07) is 12.5. The lowest BCUT2D eigenvalue weighted by atomic mass is 9.89. The quantitative estimate of drug-likeness (QED) is 0.627. The minimum absolute atomic E-state index is 0.00991. The predicted molar refractivity (Wildman–Crippen MR) is 123 cm³/mol. The van der Waals surface area contributed by atoms with Gasteiger partial charge in [-0.05, 0) is 69.9 Å². The molecule has 0 spiro atoms. The molecule has 164 valence electrons. The lowest BCUT2D eigenvalue weighted by molar-refractivity contribution is -0.0685. The molecule has 1 aliphatic heterocycles. The number of likely N-dealkylation sites (tertiary alicyclic amines) is 1. The third-order valence-electron chi connectivity index (χ3n) is 6.04. The molecule has 31 heavy (non-hydrogen) atoms. The summed E-state index contributed by atoms with van der Waals surface area (Å²) in [5.41, 5.74) is 6.11. The Hall–Kier alpha value is -2.63. The number of aryl methyl sites for hydroxylation is 3. The van der Waals surface area contributed by atoms with Crippen LogP contribution in [0.4, 0.5) is 4.79 Å². The van der Waals surface area contributed by atoms with Gasteiger partial charge in [-0.25, -0.2) is 4.79 Å². The fourth-order valence-electron chi connectivity index (χ4n) is 4.57. The van der Waals surface area contributed by atoms with Gasteiger partial charge in [-0.1, -0.05) is 35.9 Å². The molecule has 1 aliphatic rings. The predicted octanol–water partition coefficient (Wildman–Crippen LogP) is 5.27. The van der Waals surface area contributed by atoms with Crippen molar-refractivity contribution in [2.75, 3.05) is 6.54 Å². The van der Waals surface area contributed by atoms with Crippen LogP contribution in [0.15, 0.2) is 42.6 Å². The van der Waals surface area contributed by atoms with Crippen molar-refractivity contribution in [2.45, 2.75) is 65.8 Å². The van der Waals surface area contributed by atoms with Gasteiger partial charge in [-0.3, -0.25) is 9.47 Å². The van der Waals surface area contributed by atoms with Crippen molar-refractivity contribution in [3.63, 3.8) is 0 Å². The molecule has 2 atom stereocenters. The van der Waals surface area contributed by atoms with Gasteiger partial charge in [0.2, 0.25) is 0 Å². The van der Waals surface area contributed by atoms with E-state index in [4.69, 9.17) is 4.74 Å². The second-order valence-electron chi connectivity index (χ2n) is 9.77. The SMILES string of the molecule is Cc1ccc(C2[C@@H](O)CN2Cc2c(C)cc(C)c3c2ccn3C(=O)OC(C)(C)C)cc1. The van der Waals surface area contributed by atoms with Crippen LogP contribution in [0.5, 0.6) is 0 Å². The number of carbonyl (C=O) groups is 1. The largest absolute Gasteiger partial charge is 0.443 e. The molecule has 2 heterocycles. The number of aromatic nitrogens is 1. The van der Waals surface area contributed by atoms with Crippen LogP contribution in [-0.4, -0.2) is 38.9 Å². The smallest absolute Gasteiger partial charge is 0.418 e. The maximum Gasteiger partial charge on any atom is 0.418 e. The first-order chi connectivity index (χ1) is 14.5. The average Bonchev–Trinajstić information content (AvgIpc) is 3.10. The topological polar surface area (TPSA) is 54.7 Å². The fourth-order valence-corrected chi connectivity index (χ4v) is 4.57. The van der Waals surface area contributed by atoms with Gasteiger partial charge < -0.3 is 9.84 Å². The number of fused-ring (bicyclic) bond motifs is 1. The van der Waals surface area contributed by atoms with Crippen LogP contribution in [0.1, 0.15) is 54.6 Å². The van der Waals surface area contributed by atoms with Crippen LogP contribution in [0.25, 0.3) is 10.9 Å². The van der Waals surface area contributed by atoms with Crippen LogP contribution in [0.3, 0.4) is 0 Å². The van der Waals surface area contributed by atoms with E-state index >= 15 is 0 Å². The molecule has 1 unspecified atom stereocenters. The maximum atomic E-state index is 12.8. The highest BCUT2D eigenvalue weighted by atomic mass is 16.6. The molecule has 1 fully saturated rings. The van der Waals surface area contributed by atoms with E-state index in [1.165, 1.54) is 16.7 Å². The Morgan fingerprint density at radius 1 is 1.10 bits per heavy atom. The number of β-amino-alcohol motifs (C(OH)–C–C–N with tert-alkyl or cyclic N) is 1. The molecule has 3 aromatic rings. The number of hydrogen-bond donors (Lipinski definition) is 1. The molecule has 2 aromatic carbocycles. The van der Waals surface area contributed by atoms with Gasteiger partial charge in [0.25, 0.3) is 0 Å². The lowest BCUT2D eigenvalue weighted by Crippen LogP contribution is -2.52. The van der Waals surface area contributed by atoms with E-state index in [1.807, 2.05) is 33.8 Å². The Morgan fingerprint density at radius 3 is 2.39 bits per heavy atom. The molecule has 1 aromatic heterocycles. The highest BCUT2D eigenvalue weighted by Crippen LogP contribution is 2.37. The molecule has 1 N–H and O–H groups in total. The van der Waals surface area contributed by atoms with Gasteiger partial charge in [-0.15, -0.1) is 0 Å². The summed E-state index contributed by atoms with van der Waals surface area (Å²) in [5.74, 6) is 0. The van der Waals surface area contributed by atoms with E-state index in [0.717, 1.165) is 28.6 Å². The van der Waals surface area contributed by atoms with Crippen LogP contribution in [-0.2, 0) is 11.3 Å². The van der Waals surface area contributed by atoms with E-state index in [2.05, 4.69) is 49.1 Å². The molecule has 4 rings (SSSR count). The highest BCUT2D eigenvalue weighted by Gasteiger charge is 2.39. The molecule has 0 aliphatic carbocycles. The van der Waals surface area contributed by atoms with Gasteiger partial charge in [0.15, 0.2) is 0 Å². The summed E-state index contributed by atoms with van der Waals surface area (Å²) in [6.07, 6.45) is 1.07. The second kappa shape index (κ2) is 7.81. The molecule has 0 bridgehead atoms. The number of benzene rings is 2. The second-order valence-corrected chi connectivity index (χ2v) is 9.77. The molecular formula is C26H32N2O3. The first-order valence-electron chi connectivity index (χ1n) is 10.9. The molecular weight excluding hydrogens is 388 g/mol. The zero-order valence-corrected chi connectivity index (χ0v) is 19.3. The maximum absolute atomic E-state index is 12.8. The summed E-state index contributed by atoms with van der Waals surface area (Å²) in [4.78, 5) is 15.1. The van der Waals surface area contributed by atoms with Crippen molar-refractivity contribution in [2.24, 2.45) is 0 Å². The van der Waals surface area contributed by atoms with Gasteiger partial charge in [0.05, 0.1) is 17.7 Å². The summed E-state index contributed by atoms with van der Waals surface area (Å²) >= 11 is 0.